The quantitative estimate of drug-likeness (QED) is 0.458. The van der Waals surface area contributed by atoms with Crippen molar-refractivity contribution in [1.82, 2.24) is 0 Å². The number of methoxy groups -OCH3 is 1. The summed E-state index contributed by atoms with van der Waals surface area (Å²) >= 11 is 0. The van der Waals surface area contributed by atoms with E-state index in [9.17, 15) is 14.4 Å². The Morgan fingerprint density at radius 2 is 1.45 bits per heavy atom. The van der Waals surface area contributed by atoms with E-state index in [1.54, 1.807) is 7.11 Å². The minimum absolute atomic E-state index is 0.00612. The lowest BCUT2D eigenvalue weighted by atomic mass is 9.44. The van der Waals surface area contributed by atoms with E-state index in [-0.39, 0.29) is 53.7 Å². The molecular weight excluding hydrogens is 424 g/mol. The normalized spacial score (nSPS) is 46.4. The highest BCUT2D eigenvalue weighted by atomic mass is 16.6. The molecule has 4 aliphatic rings. The molecule has 186 valence electrons. The van der Waals surface area contributed by atoms with Crippen LogP contribution in [0.1, 0.15) is 79.6 Å². The summed E-state index contributed by atoms with van der Waals surface area (Å²) in [6.07, 6.45) is 5.63. The molecule has 0 spiro atoms. The highest BCUT2D eigenvalue weighted by Crippen LogP contribution is 2.67. The summed E-state index contributed by atoms with van der Waals surface area (Å²) in [5.74, 6) is 0.515. The van der Waals surface area contributed by atoms with Crippen LogP contribution in [-0.4, -0.2) is 49.4 Å². The van der Waals surface area contributed by atoms with E-state index in [1.165, 1.54) is 20.8 Å². The van der Waals surface area contributed by atoms with Crippen molar-refractivity contribution < 1.29 is 33.3 Å². The first-order chi connectivity index (χ1) is 15.5. The molecular formula is C26H40O7. The summed E-state index contributed by atoms with van der Waals surface area (Å²) in [6.45, 7) is 8.98. The van der Waals surface area contributed by atoms with Gasteiger partial charge in [-0.15, -0.1) is 0 Å². The van der Waals surface area contributed by atoms with Gasteiger partial charge in [0.15, 0.2) is 0 Å². The summed E-state index contributed by atoms with van der Waals surface area (Å²) in [6, 6.07) is 0. The molecule has 33 heavy (non-hydrogen) atoms. The van der Waals surface area contributed by atoms with Gasteiger partial charge in [0.25, 0.3) is 0 Å². The van der Waals surface area contributed by atoms with E-state index in [4.69, 9.17) is 18.9 Å². The second-order valence-corrected chi connectivity index (χ2v) is 11.4. The molecule has 0 N–H and O–H groups in total. The monoisotopic (exact) mass is 464 g/mol. The smallest absolute Gasteiger partial charge is 0.302 e. The molecule has 0 saturated heterocycles. The minimum Gasteiger partial charge on any atom is -0.463 e. The van der Waals surface area contributed by atoms with Crippen LogP contribution in [0.3, 0.4) is 0 Å². The van der Waals surface area contributed by atoms with Crippen molar-refractivity contribution in [2.45, 2.75) is 104 Å². The van der Waals surface area contributed by atoms with Gasteiger partial charge in [0.1, 0.15) is 18.3 Å². The van der Waals surface area contributed by atoms with E-state index in [2.05, 4.69) is 13.8 Å². The average Bonchev–Trinajstić information content (AvgIpc) is 3.00. The topological polar surface area (TPSA) is 88.1 Å². The Balaban J connectivity index is 1.69. The predicted molar refractivity (Wildman–Crippen MR) is 120 cm³/mol. The molecule has 4 saturated carbocycles. The Morgan fingerprint density at radius 3 is 2.06 bits per heavy atom. The molecule has 0 aromatic heterocycles. The molecule has 0 aromatic carbocycles. The van der Waals surface area contributed by atoms with Gasteiger partial charge in [-0.1, -0.05) is 13.8 Å². The Bertz CT molecular complexity index is 796. The van der Waals surface area contributed by atoms with Crippen LogP contribution in [0.4, 0.5) is 0 Å². The van der Waals surface area contributed by atoms with Gasteiger partial charge in [0, 0.05) is 45.6 Å². The number of ether oxygens (including phenoxy) is 4. The van der Waals surface area contributed by atoms with Crippen LogP contribution in [0.15, 0.2) is 0 Å². The number of hydrogen-bond acceptors (Lipinski definition) is 7. The van der Waals surface area contributed by atoms with Gasteiger partial charge in [-0.05, 0) is 61.7 Å². The van der Waals surface area contributed by atoms with Gasteiger partial charge in [-0.3, -0.25) is 14.4 Å². The fourth-order valence-corrected chi connectivity index (χ4v) is 8.55. The maximum Gasteiger partial charge on any atom is 0.302 e. The van der Waals surface area contributed by atoms with Crippen molar-refractivity contribution in [1.29, 1.82) is 0 Å². The highest BCUT2D eigenvalue weighted by molar-refractivity contribution is 5.67. The molecule has 10 atom stereocenters. The average molecular weight is 465 g/mol. The van der Waals surface area contributed by atoms with Gasteiger partial charge < -0.3 is 18.9 Å². The number of carbonyl (C=O) groups is 3. The van der Waals surface area contributed by atoms with Crippen LogP contribution in [-0.2, 0) is 33.3 Å². The van der Waals surface area contributed by atoms with Crippen molar-refractivity contribution in [2.75, 3.05) is 7.11 Å². The fraction of sp³-hybridized carbons (Fsp3) is 0.885. The molecule has 0 radical (unpaired) electrons. The van der Waals surface area contributed by atoms with Gasteiger partial charge in [-0.25, -0.2) is 0 Å². The maximum atomic E-state index is 12.2. The summed E-state index contributed by atoms with van der Waals surface area (Å²) < 4.78 is 23.4. The molecule has 0 unspecified atom stereocenters. The molecule has 0 heterocycles. The first kappa shape index (κ1) is 24.5. The van der Waals surface area contributed by atoms with Crippen molar-refractivity contribution in [2.24, 2.45) is 34.5 Å². The Morgan fingerprint density at radius 1 is 0.788 bits per heavy atom. The third-order valence-corrected chi connectivity index (χ3v) is 9.82. The zero-order chi connectivity index (χ0) is 24.1. The number of carbonyl (C=O) groups excluding carboxylic acids is 3. The summed E-state index contributed by atoms with van der Waals surface area (Å²) in [5.41, 5.74) is -0.328. The highest BCUT2D eigenvalue weighted by Gasteiger charge is 2.68. The van der Waals surface area contributed by atoms with Gasteiger partial charge in [-0.2, -0.15) is 0 Å². The van der Waals surface area contributed by atoms with Crippen LogP contribution >= 0.6 is 0 Å². The van der Waals surface area contributed by atoms with Gasteiger partial charge in [0.05, 0.1) is 6.10 Å². The third-order valence-electron chi connectivity index (χ3n) is 9.82. The number of fused-ring (bicyclic) bond motifs is 5. The summed E-state index contributed by atoms with van der Waals surface area (Å²) in [7, 11) is 1.70. The molecule has 4 fully saturated rings. The Hall–Kier alpha value is -1.63. The molecule has 7 nitrogen and oxygen atoms in total. The molecule has 7 heteroatoms. The van der Waals surface area contributed by atoms with E-state index < -0.39 is 5.41 Å². The lowest BCUT2D eigenvalue weighted by Gasteiger charge is -2.62. The lowest BCUT2D eigenvalue weighted by molar-refractivity contribution is -0.212. The first-order valence-corrected chi connectivity index (χ1v) is 12.5. The number of hydrogen-bond donors (Lipinski definition) is 0. The zero-order valence-electron chi connectivity index (χ0n) is 20.9. The van der Waals surface area contributed by atoms with E-state index >= 15 is 0 Å². The largest absolute Gasteiger partial charge is 0.463 e. The fourth-order valence-electron chi connectivity index (χ4n) is 8.55. The molecule has 4 aliphatic carbocycles. The van der Waals surface area contributed by atoms with Crippen molar-refractivity contribution in [3.05, 3.63) is 0 Å². The Labute approximate surface area is 197 Å². The van der Waals surface area contributed by atoms with Crippen LogP contribution in [0, 0.1) is 34.5 Å². The minimum atomic E-state index is -0.403. The van der Waals surface area contributed by atoms with Gasteiger partial charge >= 0.3 is 17.9 Å². The Kier molecular flexibility index (Phi) is 6.58. The molecule has 0 bridgehead atoms. The SMILES string of the molecule is CO[C@@H]1C[C@H](OC(C)=O)[C@@H]2[C@@H]3CC[C@H]4C[C@H](OC(C)=O)CC[C@]4(C)[C@@H]3C[C@H](OC(C)=O)[C@@]21C. The molecule has 4 rings (SSSR count). The van der Waals surface area contributed by atoms with Crippen LogP contribution in [0.2, 0.25) is 0 Å². The number of rotatable bonds is 4. The van der Waals surface area contributed by atoms with E-state index in [1.807, 2.05) is 0 Å². The summed E-state index contributed by atoms with van der Waals surface area (Å²) in [5, 5.41) is 0. The third kappa shape index (κ3) is 4.08. The second kappa shape index (κ2) is 8.86. The molecule has 0 amide bonds. The van der Waals surface area contributed by atoms with Crippen LogP contribution < -0.4 is 0 Å². The van der Waals surface area contributed by atoms with E-state index in [0.29, 0.717) is 24.2 Å². The second-order valence-electron chi connectivity index (χ2n) is 11.4. The predicted octanol–water partition coefficient (Wildman–Crippen LogP) is 4.06. The molecule has 0 aliphatic heterocycles. The van der Waals surface area contributed by atoms with Crippen molar-refractivity contribution in [3.8, 4) is 0 Å². The summed E-state index contributed by atoms with van der Waals surface area (Å²) in [4.78, 5) is 35.7. The number of esters is 3. The van der Waals surface area contributed by atoms with Crippen molar-refractivity contribution >= 4 is 17.9 Å². The maximum absolute atomic E-state index is 12.2. The standard InChI is InChI=1S/C26H40O7/c1-14(27)31-18-9-10-25(4)17(11-18)7-8-19-20(25)12-23(33-16(3)29)26(5)22(30-6)13-21(24(19)26)32-15(2)28/h17-24H,7-13H2,1-6H3/t17-,18+,19+,20+,21-,22+,23-,24-,25-,26-/m0/s1. The lowest BCUT2D eigenvalue weighted by Crippen LogP contribution is -2.61. The first-order valence-electron chi connectivity index (χ1n) is 12.5. The zero-order valence-corrected chi connectivity index (χ0v) is 20.9. The molecule has 0 aromatic rings. The van der Waals surface area contributed by atoms with E-state index in [0.717, 1.165) is 38.5 Å². The van der Waals surface area contributed by atoms with Gasteiger partial charge in [0.2, 0.25) is 0 Å². The van der Waals surface area contributed by atoms with Crippen molar-refractivity contribution in [3.63, 3.8) is 0 Å². The van der Waals surface area contributed by atoms with Crippen LogP contribution in [0.25, 0.3) is 0 Å². The van der Waals surface area contributed by atoms with Crippen LogP contribution in [0.5, 0.6) is 0 Å².